The predicted octanol–water partition coefficient (Wildman–Crippen LogP) is 13.8. The van der Waals surface area contributed by atoms with E-state index in [0.717, 1.165) is 71.7 Å². The van der Waals surface area contributed by atoms with E-state index in [2.05, 4.69) is 158 Å². The summed E-state index contributed by atoms with van der Waals surface area (Å²) in [5, 5.41) is 4.05. The first-order chi connectivity index (χ1) is 28.4. The van der Waals surface area contributed by atoms with Gasteiger partial charge in [-0.2, -0.15) is 0 Å². The Bertz CT molecular complexity index is 3360. The molecule has 0 saturated carbocycles. The average molecular weight is 946 g/mol. The van der Waals surface area contributed by atoms with E-state index in [9.17, 15) is 0 Å². The van der Waals surface area contributed by atoms with Crippen LogP contribution in [0.3, 0.4) is 0 Å². The Morgan fingerprint density at radius 2 is 1.34 bits per heavy atom. The number of aromatic nitrogens is 4. The zero-order chi connectivity index (χ0) is 39.1. The van der Waals surface area contributed by atoms with Gasteiger partial charge in [0.05, 0.1) is 34.3 Å². The molecule has 288 valence electrons. The molecule has 11 rings (SSSR count). The molecular formula is C52H38N4O2Pt. The van der Waals surface area contributed by atoms with Crippen molar-refractivity contribution >= 4 is 60.4 Å². The minimum Gasteiger partial charge on any atom is -0.497 e. The largest absolute Gasteiger partial charge is 2.00 e. The van der Waals surface area contributed by atoms with Gasteiger partial charge in [-0.15, -0.1) is 29.8 Å². The van der Waals surface area contributed by atoms with E-state index in [4.69, 9.17) is 19.1 Å². The van der Waals surface area contributed by atoms with Crippen LogP contribution in [0.15, 0.2) is 150 Å². The van der Waals surface area contributed by atoms with Crippen molar-refractivity contribution in [1.29, 1.82) is 0 Å². The van der Waals surface area contributed by atoms with Crippen molar-refractivity contribution in [3.05, 3.63) is 169 Å². The van der Waals surface area contributed by atoms with Gasteiger partial charge < -0.3 is 18.1 Å². The maximum absolute atomic E-state index is 6.65. The van der Waals surface area contributed by atoms with Crippen LogP contribution < -0.4 is 4.74 Å². The number of rotatable bonds is 7. The van der Waals surface area contributed by atoms with Gasteiger partial charge in [-0.1, -0.05) is 117 Å². The molecule has 0 aliphatic heterocycles. The van der Waals surface area contributed by atoms with E-state index < -0.39 is 0 Å². The van der Waals surface area contributed by atoms with Gasteiger partial charge >= 0.3 is 21.1 Å². The minimum atomic E-state index is 0. The van der Waals surface area contributed by atoms with E-state index in [-0.39, 0.29) is 32.9 Å². The summed E-state index contributed by atoms with van der Waals surface area (Å²) in [5.41, 5.74) is 13.4. The Labute approximate surface area is 356 Å². The molecule has 0 atom stereocenters. The molecule has 0 amide bonds. The van der Waals surface area contributed by atoms with Crippen LogP contribution in [-0.2, 0) is 21.1 Å². The Balaban J connectivity index is 0.00000420. The number of hydrogen-bond acceptors (Lipinski definition) is 4. The van der Waals surface area contributed by atoms with Crippen molar-refractivity contribution in [2.75, 3.05) is 0 Å². The van der Waals surface area contributed by atoms with E-state index in [1.54, 1.807) is 6.26 Å². The Morgan fingerprint density at radius 1 is 0.610 bits per heavy atom. The van der Waals surface area contributed by atoms with Gasteiger partial charge in [0.1, 0.15) is 5.52 Å². The van der Waals surface area contributed by atoms with E-state index in [0.29, 0.717) is 11.5 Å². The van der Waals surface area contributed by atoms with Gasteiger partial charge in [0.2, 0.25) is 0 Å². The van der Waals surface area contributed by atoms with E-state index in [1.807, 2.05) is 30.3 Å². The Kier molecular flexibility index (Phi) is 8.99. The molecule has 0 aliphatic carbocycles. The van der Waals surface area contributed by atoms with Gasteiger partial charge in [-0.05, 0) is 88.0 Å². The molecule has 0 fully saturated rings. The van der Waals surface area contributed by atoms with Crippen molar-refractivity contribution in [2.24, 2.45) is 0 Å². The molecule has 6 nitrogen and oxygen atoms in total. The third-order valence-corrected chi connectivity index (χ3v) is 11.3. The standard InChI is InChI=1S/C52H38N4O2.Pt/c1-31(2)41-28-36(33-13-6-5-7-14-33)29-42(32(3)4)48(41)56-47-20-11-9-18-44(47)53-51(56)35-15-12-16-37(27-35)58-38-22-23-39-40-17-8-10-19-46(40)55-49-45(54-52(55)43(39)30-38)24-21-34-25-26-57-50(34)49;/h5-26,28-29,31-32H,1-4H3;/q-2;+2. The number of furan rings is 1. The summed E-state index contributed by atoms with van der Waals surface area (Å²) >= 11 is 0. The molecule has 0 saturated heterocycles. The second kappa shape index (κ2) is 14.4. The quantitative estimate of drug-likeness (QED) is 0.118. The van der Waals surface area contributed by atoms with Crippen molar-refractivity contribution < 1.29 is 30.2 Å². The molecule has 4 heterocycles. The zero-order valence-corrected chi connectivity index (χ0v) is 35.2. The molecule has 7 heteroatoms. The maximum atomic E-state index is 6.65. The summed E-state index contributed by atoms with van der Waals surface area (Å²) < 4.78 is 17.2. The normalized spacial score (nSPS) is 11.9. The zero-order valence-electron chi connectivity index (χ0n) is 32.9. The first-order valence-corrected chi connectivity index (χ1v) is 19.9. The number of imidazole rings is 2. The fourth-order valence-electron chi connectivity index (χ4n) is 8.62. The van der Waals surface area contributed by atoms with Crippen LogP contribution in [0.25, 0.3) is 88.6 Å². The second-order valence-electron chi connectivity index (χ2n) is 15.6. The van der Waals surface area contributed by atoms with Crippen LogP contribution in [0.5, 0.6) is 11.5 Å². The molecule has 0 N–H and O–H groups in total. The van der Waals surface area contributed by atoms with Crippen LogP contribution >= 0.6 is 0 Å². The Hall–Kier alpha value is -6.49. The van der Waals surface area contributed by atoms with E-state index in [1.165, 1.54) is 27.9 Å². The van der Waals surface area contributed by atoms with Crippen molar-refractivity contribution in [3.63, 3.8) is 0 Å². The Morgan fingerprint density at radius 3 is 2.14 bits per heavy atom. The predicted molar refractivity (Wildman–Crippen MR) is 235 cm³/mol. The molecule has 4 aromatic heterocycles. The maximum Gasteiger partial charge on any atom is 2.00 e. The van der Waals surface area contributed by atoms with Gasteiger partial charge in [0.15, 0.2) is 5.58 Å². The summed E-state index contributed by atoms with van der Waals surface area (Å²) in [7, 11) is 0. The fraction of sp³-hybridized carbons (Fsp3) is 0.115. The number of pyridine rings is 1. The molecule has 0 radical (unpaired) electrons. The summed E-state index contributed by atoms with van der Waals surface area (Å²) in [6.07, 6.45) is 1.73. The minimum absolute atomic E-state index is 0. The van der Waals surface area contributed by atoms with Crippen LogP contribution in [-0.4, -0.2) is 18.9 Å². The summed E-state index contributed by atoms with van der Waals surface area (Å²) in [6.45, 7) is 9.10. The van der Waals surface area contributed by atoms with Crippen LogP contribution in [0, 0.1) is 12.1 Å². The summed E-state index contributed by atoms with van der Waals surface area (Å²) in [5.74, 6) is 2.47. The molecule has 0 bridgehead atoms. The average Bonchev–Trinajstić information content (AvgIpc) is 3.99. The summed E-state index contributed by atoms with van der Waals surface area (Å²) in [6, 6.07) is 55.6. The number of benzene rings is 7. The fourth-order valence-corrected chi connectivity index (χ4v) is 8.62. The van der Waals surface area contributed by atoms with Crippen LogP contribution in [0.2, 0.25) is 0 Å². The topological polar surface area (TPSA) is 57.5 Å². The van der Waals surface area contributed by atoms with Crippen molar-refractivity contribution in [2.45, 2.75) is 39.5 Å². The molecule has 7 aromatic carbocycles. The molecule has 0 spiro atoms. The third kappa shape index (κ3) is 5.96. The third-order valence-electron chi connectivity index (χ3n) is 11.3. The SMILES string of the molecule is CC(C)c1cc(-c2ccccc2)cc(C(C)C)c1-n1c(-c2[c-]c(Oc3[c-]c4c(cc3)c3ccccc3n3c4nc4ccc5ccoc5c43)ccc2)nc2ccccc21.[Pt+2]. The molecule has 11 aromatic rings. The monoisotopic (exact) mass is 945 g/mol. The molecule has 0 unspecified atom stereocenters. The number of para-hydroxylation sites is 3. The molecule has 0 aliphatic rings. The summed E-state index contributed by atoms with van der Waals surface area (Å²) in [4.78, 5) is 10.4. The van der Waals surface area contributed by atoms with Crippen molar-refractivity contribution in [3.8, 4) is 39.7 Å². The van der Waals surface area contributed by atoms with Crippen LogP contribution in [0.4, 0.5) is 0 Å². The van der Waals surface area contributed by atoms with Gasteiger partial charge in [0, 0.05) is 28.1 Å². The van der Waals surface area contributed by atoms with Gasteiger partial charge in [-0.3, -0.25) is 9.97 Å². The van der Waals surface area contributed by atoms with Crippen LogP contribution in [0.1, 0.15) is 50.7 Å². The van der Waals surface area contributed by atoms with E-state index >= 15 is 0 Å². The number of hydrogen-bond donors (Lipinski definition) is 0. The van der Waals surface area contributed by atoms with Crippen molar-refractivity contribution in [1.82, 2.24) is 18.9 Å². The van der Waals surface area contributed by atoms with Gasteiger partial charge in [0.25, 0.3) is 0 Å². The number of fused-ring (bicyclic) bond motifs is 11. The molecule has 59 heavy (non-hydrogen) atoms. The molecular weight excluding hydrogens is 908 g/mol. The first kappa shape index (κ1) is 36.8. The van der Waals surface area contributed by atoms with Gasteiger partial charge in [-0.25, -0.2) is 0 Å². The number of nitrogens with zero attached hydrogens (tertiary/aromatic N) is 4. The second-order valence-corrected chi connectivity index (χ2v) is 15.6. The smallest absolute Gasteiger partial charge is 0.497 e. The number of ether oxygens (including phenoxy) is 1. The first-order valence-electron chi connectivity index (χ1n) is 19.9.